The molecule has 1 fully saturated rings. The highest BCUT2D eigenvalue weighted by Gasteiger charge is 2.44. The fourth-order valence-corrected chi connectivity index (χ4v) is 3.03. The van der Waals surface area contributed by atoms with Gasteiger partial charge in [0.25, 0.3) is 5.91 Å². The van der Waals surface area contributed by atoms with Crippen LogP contribution in [0.3, 0.4) is 0 Å². The van der Waals surface area contributed by atoms with Gasteiger partial charge in [0.1, 0.15) is 5.75 Å². The molecule has 2 aromatic carbocycles. The smallest absolute Gasteiger partial charge is 0.428 e. The second-order valence-corrected chi connectivity index (χ2v) is 6.55. The molecule has 0 N–H and O–H groups in total. The zero-order valence-electron chi connectivity index (χ0n) is 15.0. The summed E-state index contributed by atoms with van der Waals surface area (Å²) in [7, 11) is 0. The highest BCUT2D eigenvalue weighted by molar-refractivity contribution is 5.94. The lowest BCUT2D eigenvalue weighted by molar-refractivity contribution is -0.253. The van der Waals surface area contributed by atoms with Crippen molar-refractivity contribution in [2.75, 3.05) is 26.2 Å². The number of carbonyl (C=O) groups is 1. The molecule has 0 bridgehead atoms. The molecule has 1 saturated heterocycles. The summed E-state index contributed by atoms with van der Waals surface area (Å²) < 4.78 is 54.8. The third-order valence-electron chi connectivity index (χ3n) is 4.50. The Bertz CT molecular complexity index is 794. The second-order valence-electron chi connectivity index (χ2n) is 6.55. The van der Waals surface area contributed by atoms with Crippen molar-refractivity contribution >= 4 is 5.91 Å². The Hall–Kier alpha value is -2.61. The van der Waals surface area contributed by atoms with Crippen LogP contribution in [0.4, 0.5) is 17.6 Å². The van der Waals surface area contributed by atoms with Gasteiger partial charge in [-0.3, -0.25) is 9.69 Å². The van der Waals surface area contributed by atoms with Gasteiger partial charge in [-0.1, -0.05) is 36.4 Å². The molecule has 0 aromatic heterocycles. The molecule has 28 heavy (non-hydrogen) atoms. The summed E-state index contributed by atoms with van der Waals surface area (Å²) in [6, 6.07) is 14.9. The normalized spacial score (nSPS) is 15.7. The van der Waals surface area contributed by atoms with Gasteiger partial charge in [-0.15, -0.1) is 0 Å². The maximum absolute atomic E-state index is 13.1. The van der Waals surface area contributed by atoms with Crippen LogP contribution in [0.1, 0.15) is 15.9 Å². The number of amides is 1. The van der Waals surface area contributed by atoms with E-state index < -0.39 is 18.3 Å². The van der Waals surface area contributed by atoms with Gasteiger partial charge in [-0.05, 0) is 23.8 Å². The first-order chi connectivity index (χ1) is 13.3. The van der Waals surface area contributed by atoms with Gasteiger partial charge >= 0.3 is 12.5 Å². The Labute approximate surface area is 160 Å². The van der Waals surface area contributed by atoms with E-state index >= 15 is 0 Å². The summed E-state index contributed by atoms with van der Waals surface area (Å²) >= 11 is 0. The highest BCUT2D eigenvalue weighted by atomic mass is 19.3. The number of alkyl halides is 4. The number of benzene rings is 2. The van der Waals surface area contributed by atoms with Crippen molar-refractivity contribution in [1.29, 1.82) is 0 Å². The number of ether oxygens (including phenoxy) is 1. The van der Waals surface area contributed by atoms with Gasteiger partial charge in [0.15, 0.2) is 0 Å². The van der Waals surface area contributed by atoms with Crippen molar-refractivity contribution in [3.8, 4) is 5.75 Å². The Morgan fingerprint density at radius 2 is 1.68 bits per heavy atom. The minimum absolute atomic E-state index is 0.124. The number of rotatable bonds is 6. The van der Waals surface area contributed by atoms with E-state index in [2.05, 4.69) is 9.64 Å². The standard InChI is InChI=1S/C20H20F4N2O2/c21-19(22)20(23,24)28-17-8-4-7-16(13-17)18(27)26-11-9-25(10-12-26)14-15-5-2-1-3-6-15/h1-8,13,19H,9-12,14H2. The maximum Gasteiger partial charge on any atom is 0.461 e. The third-order valence-corrected chi connectivity index (χ3v) is 4.50. The van der Waals surface area contributed by atoms with Crippen molar-refractivity contribution in [2.45, 2.75) is 19.1 Å². The molecule has 1 heterocycles. The van der Waals surface area contributed by atoms with Crippen LogP contribution in [0, 0.1) is 0 Å². The molecule has 3 rings (SSSR count). The average molecular weight is 396 g/mol. The first-order valence-electron chi connectivity index (χ1n) is 8.86. The summed E-state index contributed by atoms with van der Waals surface area (Å²) in [5.74, 6) is -0.816. The van der Waals surface area contributed by atoms with Gasteiger partial charge in [-0.25, -0.2) is 0 Å². The SMILES string of the molecule is O=C(c1cccc(OC(F)(F)C(F)F)c1)N1CCN(Cc2ccccc2)CC1. The van der Waals surface area contributed by atoms with E-state index in [0.29, 0.717) is 26.2 Å². The minimum Gasteiger partial charge on any atom is -0.428 e. The summed E-state index contributed by atoms with van der Waals surface area (Å²) in [4.78, 5) is 16.5. The van der Waals surface area contributed by atoms with Gasteiger partial charge in [0.2, 0.25) is 0 Å². The van der Waals surface area contributed by atoms with Crippen LogP contribution in [-0.2, 0) is 6.54 Å². The quantitative estimate of drug-likeness (QED) is 0.695. The molecule has 8 heteroatoms. The van der Waals surface area contributed by atoms with E-state index in [1.165, 1.54) is 17.7 Å². The Kier molecular flexibility index (Phi) is 6.18. The number of carbonyl (C=O) groups excluding carboxylic acids is 1. The van der Waals surface area contributed by atoms with Gasteiger partial charge in [0, 0.05) is 38.3 Å². The molecule has 1 amide bonds. The zero-order valence-corrected chi connectivity index (χ0v) is 15.0. The fraction of sp³-hybridized carbons (Fsp3) is 0.350. The first-order valence-corrected chi connectivity index (χ1v) is 8.86. The van der Waals surface area contributed by atoms with Crippen molar-refractivity contribution in [1.82, 2.24) is 9.80 Å². The lowest BCUT2D eigenvalue weighted by Crippen LogP contribution is -2.48. The molecule has 4 nitrogen and oxygen atoms in total. The summed E-state index contributed by atoms with van der Waals surface area (Å²) in [5.41, 5.74) is 1.31. The topological polar surface area (TPSA) is 32.8 Å². The third kappa shape index (κ3) is 5.01. The predicted octanol–water partition coefficient (Wildman–Crippen LogP) is 3.88. The monoisotopic (exact) mass is 396 g/mol. The van der Waals surface area contributed by atoms with E-state index in [1.807, 2.05) is 30.3 Å². The number of hydrogen-bond acceptors (Lipinski definition) is 3. The molecule has 0 atom stereocenters. The van der Waals surface area contributed by atoms with Crippen LogP contribution < -0.4 is 4.74 Å². The number of halogens is 4. The summed E-state index contributed by atoms with van der Waals surface area (Å²) in [6.07, 6.45) is -8.56. The first kappa shape index (κ1) is 20.1. The molecule has 1 aliphatic rings. The molecular formula is C20H20F4N2O2. The maximum atomic E-state index is 13.1. The Balaban J connectivity index is 1.58. The molecule has 0 radical (unpaired) electrons. The lowest BCUT2D eigenvalue weighted by Gasteiger charge is -2.34. The number of nitrogens with zero attached hydrogens (tertiary/aromatic N) is 2. The van der Waals surface area contributed by atoms with Crippen molar-refractivity contribution < 1.29 is 27.1 Å². The van der Waals surface area contributed by atoms with Crippen LogP contribution in [-0.4, -0.2) is 54.4 Å². The molecule has 1 aliphatic heterocycles. The van der Waals surface area contributed by atoms with E-state index in [4.69, 9.17) is 0 Å². The zero-order chi connectivity index (χ0) is 20.1. The fourth-order valence-electron chi connectivity index (χ4n) is 3.03. The predicted molar refractivity (Wildman–Crippen MR) is 95.6 cm³/mol. The van der Waals surface area contributed by atoms with Gasteiger partial charge < -0.3 is 9.64 Å². The second kappa shape index (κ2) is 8.60. The average Bonchev–Trinajstić information content (AvgIpc) is 2.68. The number of hydrogen-bond donors (Lipinski definition) is 0. The van der Waals surface area contributed by atoms with Crippen molar-refractivity contribution in [3.05, 3.63) is 65.7 Å². The molecule has 0 aliphatic carbocycles. The number of piperazine rings is 1. The Morgan fingerprint density at radius 3 is 2.32 bits per heavy atom. The van der Waals surface area contributed by atoms with Crippen LogP contribution in [0.2, 0.25) is 0 Å². The van der Waals surface area contributed by atoms with Crippen LogP contribution in [0.15, 0.2) is 54.6 Å². The Morgan fingerprint density at radius 1 is 1.00 bits per heavy atom. The van der Waals surface area contributed by atoms with E-state index in [1.54, 1.807) is 4.90 Å². The summed E-state index contributed by atoms with van der Waals surface area (Å²) in [5, 5.41) is 0. The molecule has 2 aromatic rings. The van der Waals surface area contributed by atoms with Crippen molar-refractivity contribution in [2.24, 2.45) is 0 Å². The van der Waals surface area contributed by atoms with Gasteiger partial charge in [-0.2, -0.15) is 17.6 Å². The van der Waals surface area contributed by atoms with Gasteiger partial charge in [0.05, 0.1) is 0 Å². The molecule has 0 saturated carbocycles. The van der Waals surface area contributed by atoms with E-state index in [-0.39, 0.29) is 11.5 Å². The van der Waals surface area contributed by atoms with Crippen LogP contribution in [0.25, 0.3) is 0 Å². The lowest BCUT2D eigenvalue weighted by atomic mass is 10.1. The van der Waals surface area contributed by atoms with E-state index in [9.17, 15) is 22.4 Å². The largest absolute Gasteiger partial charge is 0.461 e. The summed E-state index contributed by atoms with van der Waals surface area (Å²) in [6.45, 7) is 3.13. The molecule has 150 valence electrons. The van der Waals surface area contributed by atoms with Crippen LogP contribution in [0.5, 0.6) is 5.75 Å². The minimum atomic E-state index is -4.61. The van der Waals surface area contributed by atoms with Crippen LogP contribution >= 0.6 is 0 Å². The highest BCUT2D eigenvalue weighted by Crippen LogP contribution is 2.28. The van der Waals surface area contributed by atoms with E-state index in [0.717, 1.165) is 18.7 Å². The molecule has 0 spiro atoms. The molecular weight excluding hydrogens is 376 g/mol. The van der Waals surface area contributed by atoms with Crippen molar-refractivity contribution in [3.63, 3.8) is 0 Å². The molecule has 0 unspecified atom stereocenters.